The van der Waals surface area contributed by atoms with Gasteiger partial charge in [0.1, 0.15) is 5.60 Å². The molecule has 2 aliphatic rings. The van der Waals surface area contributed by atoms with Crippen LogP contribution in [0.1, 0.15) is 39.5 Å². The minimum absolute atomic E-state index is 0.498. The van der Waals surface area contributed by atoms with Gasteiger partial charge in [-0.1, -0.05) is 13.8 Å². The second-order valence-corrected chi connectivity index (χ2v) is 6.02. The number of rotatable bonds is 3. The fraction of sp³-hybridized carbons (Fsp3) is 1.00. The van der Waals surface area contributed by atoms with Crippen molar-refractivity contribution in [3.63, 3.8) is 0 Å². The normalized spacial score (nSPS) is 44.8. The number of hydrogen-bond donors (Lipinski definition) is 2. The van der Waals surface area contributed by atoms with Crippen molar-refractivity contribution in [1.82, 2.24) is 5.32 Å². The summed E-state index contributed by atoms with van der Waals surface area (Å²) in [5.41, 5.74) is -0.607. The first-order valence-corrected chi connectivity index (χ1v) is 6.61. The molecule has 1 heterocycles. The quantitative estimate of drug-likeness (QED) is 0.768. The summed E-state index contributed by atoms with van der Waals surface area (Å²) in [5.74, 6) is 1.63. The Labute approximate surface area is 98.6 Å². The Morgan fingerprint density at radius 1 is 1.25 bits per heavy atom. The first-order valence-electron chi connectivity index (χ1n) is 6.61. The summed E-state index contributed by atoms with van der Waals surface area (Å²) in [6.45, 7) is 6.56. The van der Waals surface area contributed by atoms with Crippen LogP contribution in [0.3, 0.4) is 0 Å². The molecular formula is C13H25NO2. The molecule has 2 fully saturated rings. The van der Waals surface area contributed by atoms with Crippen molar-refractivity contribution in [3.8, 4) is 0 Å². The van der Waals surface area contributed by atoms with Gasteiger partial charge in [-0.15, -0.1) is 0 Å². The minimum Gasteiger partial charge on any atom is -0.386 e. The van der Waals surface area contributed by atoms with Gasteiger partial charge < -0.3 is 15.2 Å². The molecule has 0 aromatic rings. The molecule has 2 N–H and O–H groups in total. The lowest BCUT2D eigenvalue weighted by Crippen LogP contribution is -2.47. The molecule has 1 saturated heterocycles. The molecule has 0 bridgehead atoms. The zero-order chi connectivity index (χ0) is 11.6. The minimum atomic E-state index is -0.607. The van der Waals surface area contributed by atoms with Crippen molar-refractivity contribution >= 4 is 0 Å². The van der Waals surface area contributed by atoms with Gasteiger partial charge in [0.25, 0.3) is 0 Å². The average Bonchev–Trinajstić information content (AvgIpc) is 2.62. The maximum absolute atomic E-state index is 10.2. The summed E-state index contributed by atoms with van der Waals surface area (Å²) in [4.78, 5) is 0. The summed E-state index contributed by atoms with van der Waals surface area (Å²) < 4.78 is 5.25. The summed E-state index contributed by atoms with van der Waals surface area (Å²) in [6, 6.07) is 0.586. The molecule has 94 valence electrons. The predicted molar refractivity (Wildman–Crippen MR) is 64.4 cm³/mol. The number of nitrogens with one attached hydrogen (secondary N) is 1. The molecule has 0 aromatic heterocycles. The van der Waals surface area contributed by atoms with Gasteiger partial charge in [0, 0.05) is 25.6 Å². The largest absolute Gasteiger partial charge is 0.386 e. The zero-order valence-corrected chi connectivity index (χ0v) is 10.5. The van der Waals surface area contributed by atoms with Gasteiger partial charge in [-0.25, -0.2) is 0 Å². The van der Waals surface area contributed by atoms with Crippen LogP contribution in [0.15, 0.2) is 0 Å². The van der Waals surface area contributed by atoms with Gasteiger partial charge >= 0.3 is 0 Å². The average molecular weight is 227 g/mol. The van der Waals surface area contributed by atoms with Crippen molar-refractivity contribution in [3.05, 3.63) is 0 Å². The van der Waals surface area contributed by atoms with E-state index in [-0.39, 0.29) is 0 Å². The molecule has 0 aromatic carbocycles. The standard InChI is InChI=1S/C13H25NO2/c1-10-5-11(2)7-12(6-10)14-8-13(15)3-4-16-9-13/h10-12,14-15H,3-9H2,1-2H3. The molecule has 1 aliphatic heterocycles. The molecule has 2 rings (SSSR count). The highest BCUT2D eigenvalue weighted by molar-refractivity contribution is 4.88. The van der Waals surface area contributed by atoms with Crippen molar-refractivity contribution in [2.24, 2.45) is 11.8 Å². The Hall–Kier alpha value is -0.120. The lowest BCUT2D eigenvalue weighted by molar-refractivity contribution is 0.0222. The van der Waals surface area contributed by atoms with Crippen LogP contribution in [0.25, 0.3) is 0 Å². The van der Waals surface area contributed by atoms with E-state index in [1.54, 1.807) is 0 Å². The van der Waals surface area contributed by atoms with Crippen molar-refractivity contribution in [2.75, 3.05) is 19.8 Å². The van der Waals surface area contributed by atoms with Gasteiger partial charge in [-0.3, -0.25) is 0 Å². The molecular weight excluding hydrogens is 202 g/mol. The van der Waals surface area contributed by atoms with E-state index >= 15 is 0 Å². The topological polar surface area (TPSA) is 41.5 Å². The van der Waals surface area contributed by atoms with Crippen LogP contribution in [0.5, 0.6) is 0 Å². The number of hydrogen-bond acceptors (Lipinski definition) is 3. The van der Waals surface area contributed by atoms with Crippen LogP contribution in [0.4, 0.5) is 0 Å². The Kier molecular flexibility index (Phi) is 3.88. The zero-order valence-electron chi connectivity index (χ0n) is 10.5. The van der Waals surface area contributed by atoms with E-state index < -0.39 is 5.60 Å². The highest BCUT2D eigenvalue weighted by Gasteiger charge is 2.33. The summed E-state index contributed by atoms with van der Waals surface area (Å²) >= 11 is 0. The van der Waals surface area contributed by atoms with Gasteiger partial charge in [-0.2, -0.15) is 0 Å². The van der Waals surface area contributed by atoms with Gasteiger partial charge in [0.2, 0.25) is 0 Å². The van der Waals surface area contributed by atoms with E-state index in [2.05, 4.69) is 19.2 Å². The monoisotopic (exact) mass is 227 g/mol. The number of aliphatic hydroxyl groups is 1. The van der Waals surface area contributed by atoms with Crippen LogP contribution in [0, 0.1) is 11.8 Å². The maximum Gasteiger partial charge on any atom is 0.102 e. The van der Waals surface area contributed by atoms with E-state index in [1.807, 2.05) is 0 Å². The lowest BCUT2D eigenvalue weighted by Gasteiger charge is -2.34. The van der Waals surface area contributed by atoms with Crippen molar-refractivity contribution < 1.29 is 9.84 Å². The lowest BCUT2D eigenvalue weighted by atomic mass is 9.80. The first kappa shape index (κ1) is 12.3. The molecule has 1 aliphatic carbocycles. The second kappa shape index (κ2) is 5.03. The molecule has 3 unspecified atom stereocenters. The van der Waals surface area contributed by atoms with Gasteiger partial charge in [0.15, 0.2) is 0 Å². The number of ether oxygens (including phenoxy) is 1. The van der Waals surface area contributed by atoms with E-state index in [4.69, 9.17) is 4.74 Å². The fourth-order valence-electron chi connectivity index (χ4n) is 3.18. The molecule has 3 atom stereocenters. The fourth-order valence-corrected chi connectivity index (χ4v) is 3.18. The Bertz CT molecular complexity index is 216. The highest BCUT2D eigenvalue weighted by Crippen LogP contribution is 2.29. The van der Waals surface area contributed by atoms with Crippen LogP contribution in [-0.4, -0.2) is 36.5 Å². The van der Waals surface area contributed by atoms with Crippen LogP contribution in [0.2, 0.25) is 0 Å². The molecule has 0 amide bonds. The van der Waals surface area contributed by atoms with E-state index in [9.17, 15) is 5.11 Å². The van der Waals surface area contributed by atoms with Gasteiger partial charge in [-0.05, 0) is 31.1 Å². The van der Waals surface area contributed by atoms with E-state index in [0.717, 1.165) is 18.3 Å². The SMILES string of the molecule is CC1CC(C)CC(NCC2(O)CCOC2)C1. The smallest absolute Gasteiger partial charge is 0.102 e. The molecule has 0 spiro atoms. The van der Waals surface area contributed by atoms with E-state index in [1.165, 1.54) is 19.3 Å². The Morgan fingerprint density at radius 2 is 1.94 bits per heavy atom. The van der Waals surface area contributed by atoms with Crippen LogP contribution >= 0.6 is 0 Å². The second-order valence-electron chi connectivity index (χ2n) is 6.02. The van der Waals surface area contributed by atoms with Crippen molar-refractivity contribution in [1.29, 1.82) is 0 Å². The van der Waals surface area contributed by atoms with Gasteiger partial charge in [0.05, 0.1) is 6.61 Å². The Balaban J connectivity index is 1.76. The van der Waals surface area contributed by atoms with E-state index in [0.29, 0.717) is 25.8 Å². The molecule has 1 saturated carbocycles. The molecule has 16 heavy (non-hydrogen) atoms. The third kappa shape index (κ3) is 3.19. The molecule has 0 radical (unpaired) electrons. The molecule has 3 nitrogen and oxygen atoms in total. The molecule has 3 heteroatoms. The highest BCUT2D eigenvalue weighted by atomic mass is 16.5. The summed E-state index contributed by atoms with van der Waals surface area (Å²) in [6.07, 6.45) is 4.63. The third-order valence-electron chi connectivity index (χ3n) is 3.98. The van der Waals surface area contributed by atoms with Crippen molar-refractivity contribution in [2.45, 2.75) is 51.2 Å². The Morgan fingerprint density at radius 3 is 2.50 bits per heavy atom. The third-order valence-corrected chi connectivity index (χ3v) is 3.98. The van der Waals surface area contributed by atoms with Crippen LogP contribution in [-0.2, 0) is 4.74 Å². The first-order chi connectivity index (χ1) is 7.57. The van der Waals surface area contributed by atoms with Crippen LogP contribution < -0.4 is 5.32 Å². The summed E-state index contributed by atoms with van der Waals surface area (Å²) in [7, 11) is 0. The summed E-state index contributed by atoms with van der Waals surface area (Å²) in [5, 5.41) is 13.7. The maximum atomic E-state index is 10.2. The predicted octanol–water partition coefficient (Wildman–Crippen LogP) is 1.55.